The van der Waals surface area contributed by atoms with Crippen molar-refractivity contribution in [2.24, 2.45) is 5.73 Å². The van der Waals surface area contributed by atoms with Gasteiger partial charge in [-0.2, -0.15) is 0 Å². The standard InChI is InChI=1S/C16H23N3O2/c1-19-12-4-5-13(19)8-14(7-12)21-16(20)15(9-17)11-3-2-6-18-10-11/h2-3,6,10,12-15H,4-5,7-9,17H2,1H3. The van der Waals surface area contributed by atoms with Gasteiger partial charge in [-0.05, 0) is 44.4 Å². The molecule has 114 valence electrons. The summed E-state index contributed by atoms with van der Waals surface area (Å²) in [6.07, 6.45) is 7.76. The third-order valence-corrected chi connectivity index (χ3v) is 4.94. The first-order valence-corrected chi connectivity index (χ1v) is 7.71. The van der Waals surface area contributed by atoms with E-state index in [1.165, 1.54) is 12.8 Å². The smallest absolute Gasteiger partial charge is 0.315 e. The van der Waals surface area contributed by atoms with Gasteiger partial charge < -0.3 is 15.4 Å². The van der Waals surface area contributed by atoms with Crippen LogP contribution in [0.15, 0.2) is 24.5 Å². The second-order valence-electron chi connectivity index (χ2n) is 6.16. The molecule has 1 aromatic rings. The number of hydrogen-bond donors (Lipinski definition) is 1. The zero-order valence-electron chi connectivity index (χ0n) is 12.4. The van der Waals surface area contributed by atoms with Crippen LogP contribution in [-0.2, 0) is 9.53 Å². The molecule has 2 aliphatic rings. The lowest BCUT2D eigenvalue weighted by atomic mass is 9.99. The number of fused-ring (bicyclic) bond motifs is 2. The van der Waals surface area contributed by atoms with Crippen LogP contribution in [0, 0.1) is 0 Å². The highest BCUT2D eigenvalue weighted by Crippen LogP contribution is 2.36. The molecule has 5 heteroatoms. The van der Waals surface area contributed by atoms with Crippen molar-refractivity contribution in [3.05, 3.63) is 30.1 Å². The average Bonchev–Trinajstić information content (AvgIpc) is 2.72. The molecule has 2 N–H and O–H groups in total. The number of rotatable bonds is 4. The first-order valence-electron chi connectivity index (χ1n) is 7.71. The van der Waals surface area contributed by atoms with Crippen LogP contribution in [0.3, 0.4) is 0 Å². The van der Waals surface area contributed by atoms with Crippen LogP contribution < -0.4 is 5.73 Å². The monoisotopic (exact) mass is 289 g/mol. The van der Waals surface area contributed by atoms with Crippen molar-refractivity contribution in [1.29, 1.82) is 0 Å². The van der Waals surface area contributed by atoms with Gasteiger partial charge in [-0.3, -0.25) is 9.78 Å². The number of nitrogens with two attached hydrogens (primary N) is 1. The molecule has 0 aromatic carbocycles. The molecule has 2 aliphatic heterocycles. The predicted octanol–water partition coefficient (Wildman–Crippen LogP) is 1.29. The largest absolute Gasteiger partial charge is 0.462 e. The van der Waals surface area contributed by atoms with E-state index in [0.717, 1.165) is 18.4 Å². The van der Waals surface area contributed by atoms with E-state index >= 15 is 0 Å². The molecule has 3 heterocycles. The number of carbonyl (C=O) groups is 1. The van der Waals surface area contributed by atoms with Gasteiger partial charge in [-0.1, -0.05) is 6.07 Å². The van der Waals surface area contributed by atoms with Gasteiger partial charge in [0.05, 0.1) is 5.92 Å². The summed E-state index contributed by atoms with van der Waals surface area (Å²) in [5.74, 6) is -0.615. The van der Waals surface area contributed by atoms with E-state index in [-0.39, 0.29) is 18.6 Å². The Morgan fingerprint density at radius 3 is 2.76 bits per heavy atom. The number of hydrogen-bond acceptors (Lipinski definition) is 5. The number of pyridine rings is 1. The van der Waals surface area contributed by atoms with E-state index in [1.807, 2.05) is 12.1 Å². The quantitative estimate of drug-likeness (QED) is 0.846. The summed E-state index contributed by atoms with van der Waals surface area (Å²) < 4.78 is 5.75. The molecule has 1 aromatic heterocycles. The van der Waals surface area contributed by atoms with Gasteiger partial charge in [0, 0.05) is 31.0 Å². The second-order valence-corrected chi connectivity index (χ2v) is 6.16. The van der Waals surface area contributed by atoms with Crippen LogP contribution in [0.4, 0.5) is 0 Å². The van der Waals surface area contributed by atoms with E-state index < -0.39 is 5.92 Å². The Labute approximate surface area is 125 Å². The van der Waals surface area contributed by atoms with Crippen molar-refractivity contribution in [3.8, 4) is 0 Å². The van der Waals surface area contributed by atoms with E-state index in [0.29, 0.717) is 12.1 Å². The normalized spacial score (nSPS) is 30.1. The zero-order chi connectivity index (χ0) is 14.8. The molecule has 2 bridgehead atoms. The van der Waals surface area contributed by atoms with E-state index in [2.05, 4.69) is 16.9 Å². The summed E-state index contributed by atoms with van der Waals surface area (Å²) in [7, 11) is 2.18. The lowest BCUT2D eigenvalue weighted by molar-refractivity contribution is -0.154. The summed E-state index contributed by atoms with van der Waals surface area (Å²) in [5.41, 5.74) is 6.60. The molecule has 2 fully saturated rings. The number of aromatic nitrogens is 1. The van der Waals surface area contributed by atoms with E-state index in [9.17, 15) is 4.79 Å². The van der Waals surface area contributed by atoms with Gasteiger partial charge in [0.25, 0.3) is 0 Å². The number of ether oxygens (including phenoxy) is 1. The summed E-state index contributed by atoms with van der Waals surface area (Å²) >= 11 is 0. The fraction of sp³-hybridized carbons (Fsp3) is 0.625. The summed E-state index contributed by atoms with van der Waals surface area (Å²) in [6, 6.07) is 4.83. The highest BCUT2D eigenvalue weighted by atomic mass is 16.5. The molecule has 2 saturated heterocycles. The summed E-state index contributed by atoms with van der Waals surface area (Å²) in [6.45, 7) is 0.254. The van der Waals surface area contributed by atoms with Gasteiger partial charge in [-0.25, -0.2) is 0 Å². The van der Waals surface area contributed by atoms with Crippen molar-refractivity contribution < 1.29 is 9.53 Å². The fourth-order valence-electron chi connectivity index (χ4n) is 3.65. The minimum Gasteiger partial charge on any atom is -0.462 e. The number of carbonyl (C=O) groups excluding carboxylic acids is 1. The molecule has 0 radical (unpaired) electrons. The Balaban J connectivity index is 1.63. The first-order chi connectivity index (χ1) is 10.2. The van der Waals surface area contributed by atoms with Crippen molar-refractivity contribution in [1.82, 2.24) is 9.88 Å². The SMILES string of the molecule is CN1C2CCC1CC(OC(=O)C(CN)c1cccnc1)C2. The van der Waals surface area contributed by atoms with Crippen LogP contribution in [0.2, 0.25) is 0 Å². The van der Waals surface area contributed by atoms with Crippen molar-refractivity contribution in [2.45, 2.75) is 49.8 Å². The Hall–Kier alpha value is -1.46. The fourth-order valence-corrected chi connectivity index (χ4v) is 3.65. The minimum absolute atomic E-state index is 0.0388. The minimum atomic E-state index is -0.406. The molecule has 3 unspecified atom stereocenters. The zero-order valence-corrected chi connectivity index (χ0v) is 12.4. The lowest BCUT2D eigenvalue weighted by Crippen LogP contribution is -2.44. The van der Waals surface area contributed by atoms with Gasteiger partial charge >= 0.3 is 5.97 Å². The molecule has 0 spiro atoms. The molecule has 0 saturated carbocycles. The third-order valence-electron chi connectivity index (χ3n) is 4.94. The topological polar surface area (TPSA) is 68.5 Å². The Morgan fingerprint density at radius 1 is 1.48 bits per heavy atom. The predicted molar refractivity (Wildman–Crippen MR) is 79.7 cm³/mol. The molecule has 3 atom stereocenters. The van der Waals surface area contributed by atoms with Crippen LogP contribution in [0.5, 0.6) is 0 Å². The van der Waals surface area contributed by atoms with Crippen molar-refractivity contribution >= 4 is 5.97 Å². The van der Waals surface area contributed by atoms with Crippen LogP contribution >= 0.6 is 0 Å². The number of esters is 1. The van der Waals surface area contributed by atoms with Crippen LogP contribution in [0.25, 0.3) is 0 Å². The van der Waals surface area contributed by atoms with Crippen molar-refractivity contribution in [3.63, 3.8) is 0 Å². The summed E-state index contributed by atoms with van der Waals surface area (Å²) in [5, 5.41) is 0. The third kappa shape index (κ3) is 2.94. The molecule has 0 amide bonds. The van der Waals surface area contributed by atoms with Crippen molar-refractivity contribution in [2.75, 3.05) is 13.6 Å². The number of piperidine rings is 1. The molecule has 0 aliphatic carbocycles. The Morgan fingerprint density at radius 2 is 2.19 bits per heavy atom. The van der Waals surface area contributed by atoms with Gasteiger partial charge in [0.15, 0.2) is 0 Å². The van der Waals surface area contributed by atoms with E-state index in [4.69, 9.17) is 10.5 Å². The molecule has 21 heavy (non-hydrogen) atoms. The highest BCUT2D eigenvalue weighted by Gasteiger charge is 2.40. The Bertz CT molecular complexity index is 480. The van der Waals surface area contributed by atoms with Crippen LogP contribution in [-0.4, -0.2) is 47.6 Å². The van der Waals surface area contributed by atoms with E-state index in [1.54, 1.807) is 12.4 Å². The highest BCUT2D eigenvalue weighted by molar-refractivity contribution is 5.78. The molecule has 5 nitrogen and oxygen atoms in total. The maximum atomic E-state index is 12.4. The van der Waals surface area contributed by atoms with Gasteiger partial charge in [-0.15, -0.1) is 0 Å². The Kier molecular flexibility index (Phi) is 4.22. The van der Waals surface area contributed by atoms with Gasteiger partial charge in [0.1, 0.15) is 6.10 Å². The summed E-state index contributed by atoms with van der Waals surface area (Å²) in [4.78, 5) is 18.9. The van der Waals surface area contributed by atoms with Crippen LogP contribution in [0.1, 0.15) is 37.2 Å². The molecular formula is C16H23N3O2. The molecule has 3 rings (SSSR count). The lowest BCUT2D eigenvalue weighted by Gasteiger charge is -2.36. The maximum Gasteiger partial charge on any atom is 0.315 e. The second kappa shape index (κ2) is 6.12. The molecular weight excluding hydrogens is 266 g/mol. The first kappa shape index (κ1) is 14.5. The average molecular weight is 289 g/mol. The maximum absolute atomic E-state index is 12.4. The van der Waals surface area contributed by atoms with Gasteiger partial charge in [0.2, 0.25) is 0 Å². The number of nitrogens with zero attached hydrogens (tertiary/aromatic N) is 2.